The van der Waals surface area contributed by atoms with Gasteiger partial charge < -0.3 is 19.4 Å². The number of methoxy groups -OCH3 is 1. The lowest BCUT2D eigenvalue weighted by molar-refractivity contribution is 0.252. The molecular weight excluding hydrogens is 266 g/mol. The number of hydrogen-bond acceptors (Lipinski definition) is 4. The number of rotatable bonds is 5. The maximum Gasteiger partial charge on any atom is 0.127 e. The van der Waals surface area contributed by atoms with Gasteiger partial charge in [-0.3, -0.25) is 0 Å². The van der Waals surface area contributed by atoms with Crippen molar-refractivity contribution < 1.29 is 9.47 Å². The molecule has 21 heavy (non-hydrogen) atoms. The Labute approximate surface area is 124 Å². The zero-order valence-corrected chi connectivity index (χ0v) is 12.7. The third-order valence-corrected chi connectivity index (χ3v) is 3.82. The van der Waals surface area contributed by atoms with E-state index in [1.165, 1.54) is 5.56 Å². The van der Waals surface area contributed by atoms with Gasteiger partial charge in [0.25, 0.3) is 0 Å². The van der Waals surface area contributed by atoms with E-state index < -0.39 is 0 Å². The molecule has 0 saturated carbocycles. The Morgan fingerprint density at radius 1 is 1.43 bits per heavy atom. The molecule has 0 aliphatic carbocycles. The third-order valence-electron chi connectivity index (χ3n) is 3.82. The number of nitrogens with one attached hydrogen (secondary N) is 1. The molecule has 1 unspecified atom stereocenters. The summed E-state index contributed by atoms with van der Waals surface area (Å²) in [6.07, 6.45) is 4.87. The first-order chi connectivity index (χ1) is 10.2. The van der Waals surface area contributed by atoms with Gasteiger partial charge in [-0.1, -0.05) is 0 Å². The van der Waals surface area contributed by atoms with Gasteiger partial charge in [0.05, 0.1) is 19.1 Å². The molecule has 2 aromatic rings. The molecule has 0 fully saturated rings. The summed E-state index contributed by atoms with van der Waals surface area (Å²) < 4.78 is 13.3. The highest BCUT2D eigenvalue weighted by molar-refractivity contribution is 5.49. The average Bonchev–Trinajstić information content (AvgIpc) is 3.04. The van der Waals surface area contributed by atoms with Gasteiger partial charge in [0.1, 0.15) is 17.6 Å². The van der Waals surface area contributed by atoms with Crippen LogP contribution in [0, 0.1) is 0 Å². The first-order valence-electron chi connectivity index (χ1n) is 7.19. The monoisotopic (exact) mass is 287 g/mol. The molecule has 1 aliphatic rings. The molecule has 0 spiro atoms. The molecule has 3 rings (SSSR count). The van der Waals surface area contributed by atoms with Gasteiger partial charge in [0.2, 0.25) is 0 Å². The fraction of sp³-hybridized carbons (Fsp3) is 0.438. The maximum atomic E-state index is 5.94. The first-order valence-corrected chi connectivity index (χ1v) is 7.19. The van der Waals surface area contributed by atoms with Crippen molar-refractivity contribution in [3.05, 3.63) is 41.5 Å². The second-order valence-electron chi connectivity index (χ2n) is 5.51. The largest absolute Gasteiger partial charge is 0.497 e. The zero-order chi connectivity index (χ0) is 14.8. The van der Waals surface area contributed by atoms with Gasteiger partial charge in [-0.2, -0.15) is 0 Å². The smallest absolute Gasteiger partial charge is 0.127 e. The van der Waals surface area contributed by atoms with E-state index in [2.05, 4.69) is 23.3 Å². The minimum Gasteiger partial charge on any atom is -0.497 e. The maximum absolute atomic E-state index is 5.94. The van der Waals surface area contributed by atoms with Crippen molar-refractivity contribution in [1.29, 1.82) is 0 Å². The van der Waals surface area contributed by atoms with Crippen LogP contribution in [-0.2, 0) is 26.6 Å². The molecule has 0 radical (unpaired) electrons. The molecular formula is C16H21N3O2. The van der Waals surface area contributed by atoms with E-state index in [-0.39, 0.29) is 6.10 Å². The fourth-order valence-corrected chi connectivity index (χ4v) is 2.71. The van der Waals surface area contributed by atoms with E-state index in [1.54, 1.807) is 7.11 Å². The van der Waals surface area contributed by atoms with Gasteiger partial charge >= 0.3 is 0 Å². The molecule has 1 aliphatic heterocycles. The second kappa shape index (κ2) is 5.77. The Morgan fingerprint density at radius 2 is 2.29 bits per heavy atom. The van der Waals surface area contributed by atoms with Crippen molar-refractivity contribution in [2.24, 2.45) is 7.05 Å². The first kappa shape index (κ1) is 13.9. The van der Waals surface area contributed by atoms with Gasteiger partial charge in [0.15, 0.2) is 0 Å². The number of nitrogens with zero attached hydrogens (tertiary/aromatic N) is 2. The molecule has 5 nitrogen and oxygen atoms in total. The standard InChI is InChI=1S/C16H21N3O2/c1-11-4-12-5-15(20-3)6-13(16(12)21-11)7-17-8-14-9-18-10-19(14)2/h5-6,9-11,17H,4,7-8H2,1-3H3. The van der Waals surface area contributed by atoms with Crippen molar-refractivity contribution in [2.75, 3.05) is 7.11 Å². The Morgan fingerprint density at radius 3 is 3.00 bits per heavy atom. The zero-order valence-electron chi connectivity index (χ0n) is 12.7. The lowest BCUT2D eigenvalue weighted by Crippen LogP contribution is -2.15. The predicted molar refractivity (Wildman–Crippen MR) is 80.5 cm³/mol. The number of benzene rings is 1. The van der Waals surface area contributed by atoms with Crippen molar-refractivity contribution in [3.63, 3.8) is 0 Å². The summed E-state index contributed by atoms with van der Waals surface area (Å²) in [4.78, 5) is 4.12. The summed E-state index contributed by atoms with van der Waals surface area (Å²) in [5.74, 6) is 1.91. The Hall–Kier alpha value is -2.01. The lowest BCUT2D eigenvalue weighted by Gasteiger charge is -2.12. The van der Waals surface area contributed by atoms with E-state index in [1.807, 2.05) is 30.2 Å². The summed E-state index contributed by atoms with van der Waals surface area (Å²) in [5.41, 5.74) is 3.54. The summed E-state index contributed by atoms with van der Waals surface area (Å²) in [6, 6.07) is 4.12. The van der Waals surface area contributed by atoms with Crippen LogP contribution >= 0.6 is 0 Å². The van der Waals surface area contributed by atoms with Crippen LogP contribution in [0.2, 0.25) is 0 Å². The molecule has 2 heterocycles. The van der Waals surface area contributed by atoms with E-state index in [0.717, 1.165) is 42.3 Å². The molecule has 5 heteroatoms. The highest BCUT2D eigenvalue weighted by atomic mass is 16.5. The molecule has 1 N–H and O–H groups in total. The fourth-order valence-electron chi connectivity index (χ4n) is 2.71. The number of aryl methyl sites for hydroxylation is 1. The van der Waals surface area contributed by atoms with Crippen LogP contribution in [0.25, 0.3) is 0 Å². The SMILES string of the molecule is COc1cc(CNCc2cncn2C)c2c(c1)CC(C)O2. The van der Waals surface area contributed by atoms with Crippen molar-refractivity contribution in [3.8, 4) is 11.5 Å². The van der Waals surface area contributed by atoms with Crippen LogP contribution in [0.15, 0.2) is 24.7 Å². The molecule has 0 bridgehead atoms. The van der Waals surface area contributed by atoms with Gasteiger partial charge in [-0.15, -0.1) is 0 Å². The summed E-state index contributed by atoms with van der Waals surface area (Å²) in [5, 5.41) is 3.44. The average molecular weight is 287 g/mol. The topological polar surface area (TPSA) is 48.3 Å². The lowest BCUT2D eigenvalue weighted by atomic mass is 10.1. The van der Waals surface area contributed by atoms with E-state index in [0.29, 0.717) is 0 Å². The quantitative estimate of drug-likeness (QED) is 0.914. The van der Waals surface area contributed by atoms with Crippen LogP contribution in [0.3, 0.4) is 0 Å². The number of aromatic nitrogens is 2. The highest BCUT2D eigenvalue weighted by Crippen LogP contribution is 2.36. The summed E-state index contributed by atoms with van der Waals surface area (Å²) in [7, 11) is 3.70. The molecule has 0 amide bonds. The number of hydrogen-bond donors (Lipinski definition) is 1. The molecule has 1 aromatic heterocycles. The molecule has 0 saturated heterocycles. The van der Waals surface area contributed by atoms with E-state index in [9.17, 15) is 0 Å². The van der Waals surface area contributed by atoms with Crippen molar-refractivity contribution in [1.82, 2.24) is 14.9 Å². The van der Waals surface area contributed by atoms with Gasteiger partial charge in [0, 0.05) is 43.9 Å². The summed E-state index contributed by atoms with van der Waals surface area (Å²) in [6.45, 7) is 3.62. The van der Waals surface area contributed by atoms with Gasteiger partial charge in [-0.25, -0.2) is 4.98 Å². The van der Waals surface area contributed by atoms with Crippen molar-refractivity contribution in [2.45, 2.75) is 32.5 Å². The third kappa shape index (κ3) is 2.88. The second-order valence-corrected chi connectivity index (χ2v) is 5.51. The molecule has 1 atom stereocenters. The number of imidazole rings is 1. The Kier molecular flexibility index (Phi) is 3.84. The Balaban J connectivity index is 1.73. The van der Waals surface area contributed by atoms with E-state index in [4.69, 9.17) is 9.47 Å². The van der Waals surface area contributed by atoms with Crippen LogP contribution in [-0.4, -0.2) is 22.8 Å². The van der Waals surface area contributed by atoms with Crippen LogP contribution in [0.4, 0.5) is 0 Å². The predicted octanol–water partition coefficient (Wildman–Crippen LogP) is 2.04. The van der Waals surface area contributed by atoms with E-state index >= 15 is 0 Å². The number of ether oxygens (including phenoxy) is 2. The summed E-state index contributed by atoms with van der Waals surface area (Å²) >= 11 is 0. The number of fused-ring (bicyclic) bond motifs is 1. The van der Waals surface area contributed by atoms with Crippen molar-refractivity contribution >= 4 is 0 Å². The molecule has 112 valence electrons. The van der Waals surface area contributed by atoms with Crippen LogP contribution < -0.4 is 14.8 Å². The Bertz CT molecular complexity index is 636. The minimum atomic E-state index is 0.239. The van der Waals surface area contributed by atoms with Crippen LogP contribution in [0.1, 0.15) is 23.7 Å². The van der Waals surface area contributed by atoms with Gasteiger partial charge in [-0.05, 0) is 19.1 Å². The minimum absolute atomic E-state index is 0.239. The van der Waals surface area contributed by atoms with Crippen LogP contribution in [0.5, 0.6) is 11.5 Å². The normalized spacial score (nSPS) is 16.6. The highest BCUT2D eigenvalue weighted by Gasteiger charge is 2.23. The molecule has 1 aromatic carbocycles.